The summed E-state index contributed by atoms with van der Waals surface area (Å²) in [5.74, 6) is -0.239. The van der Waals surface area contributed by atoms with Crippen molar-refractivity contribution >= 4 is 33.2 Å². The van der Waals surface area contributed by atoms with Crippen LogP contribution in [0.1, 0.15) is 11.1 Å². The summed E-state index contributed by atoms with van der Waals surface area (Å²) in [7, 11) is -2.50. The number of ether oxygens (including phenoxy) is 1. The van der Waals surface area contributed by atoms with Crippen LogP contribution in [0.2, 0.25) is 5.02 Å². The molecule has 1 amide bonds. The summed E-state index contributed by atoms with van der Waals surface area (Å²) in [4.78, 5) is 17.1. The average molecular weight is 546 g/mol. The lowest BCUT2D eigenvalue weighted by Gasteiger charge is -2.37. The molecule has 3 aromatic rings. The fourth-order valence-electron chi connectivity index (χ4n) is 4.28. The first-order valence-corrected chi connectivity index (χ1v) is 13.7. The van der Waals surface area contributed by atoms with Crippen molar-refractivity contribution in [1.29, 1.82) is 0 Å². The van der Waals surface area contributed by atoms with Gasteiger partial charge in [0.05, 0.1) is 24.2 Å². The van der Waals surface area contributed by atoms with Gasteiger partial charge < -0.3 is 14.5 Å². The molecule has 0 radical (unpaired) electrons. The lowest BCUT2D eigenvalue weighted by Crippen LogP contribution is -2.51. The second-order valence-corrected chi connectivity index (χ2v) is 11.2. The van der Waals surface area contributed by atoms with Gasteiger partial charge >= 0.3 is 0 Å². The molecule has 0 aromatic heterocycles. The molecule has 1 fully saturated rings. The zero-order valence-electron chi connectivity index (χ0n) is 20.7. The molecule has 1 saturated heterocycles. The monoisotopic (exact) mass is 545 g/mol. The molecule has 1 heterocycles. The maximum atomic E-state index is 14.6. The van der Waals surface area contributed by atoms with Crippen LogP contribution in [-0.2, 0) is 21.4 Å². The van der Waals surface area contributed by atoms with E-state index in [4.69, 9.17) is 16.3 Å². The lowest BCUT2D eigenvalue weighted by atomic mass is 10.2. The van der Waals surface area contributed by atoms with Crippen LogP contribution < -0.4 is 9.64 Å². The van der Waals surface area contributed by atoms with Crippen molar-refractivity contribution in [2.75, 3.05) is 44.7 Å². The summed E-state index contributed by atoms with van der Waals surface area (Å²) in [5.41, 5.74) is 1.86. The van der Waals surface area contributed by atoms with Crippen LogP contribution in [0.25, 0.3) is 0 Å². The second kappa shape index (κ2) is 11.5. The van der Waals surface area contributed by atoms with Gasteiger partial charge in [0, 0.05) is 43.3 Å². The van der Waals surface area contributed by atoms with Gasteiger partial charge in [0.1, 0.15) is 11.6 Å². The molecule has 0 saturated carbocycles. The first-order valence-electron chi connectivity index (χ1n) is 11.9. The van der Waals surface area contributed by atoms with Crippen LogP contribution in [0, 0.1) is 12.7 Å². The number of halogens is 2. The molecule has 0 aliphatic carbocycles. The lowest BCUT2D eigenvalue weighted by molar-refractivity contribution is -0.131. The SMILES string of the molecule is COc1ccccc1N1CCN(C(=O)CN(Cc2c(F)cccc2Cl)S(=O)(=O)c2ccc(C)cc2)CC1. The molecule has 196 valence electrons. The van der Waals surface area contributed by atoms with E-state index in [-0.39, 0.29) is 27.9 Å². The topological polar surface area (TPSA) is 70.2 Å². The molecule has 0 N–H and O–H groups in total. The number of aryl methyl sites for hydroxylation is 1. The Bertz CT molecular complexity index is 1340. The number of benzene rings is 3. The molecule has 0 bridgehead atoms. The zero-order chi connectivity index (χ0) is 26.6. The van der Waals surface area contributed by atoms with E-state index in [9.17, 15) is 17.6 Å². The number of anilines is 1. The Morgan fingerprint density at radius 1 is 1.00 bits per heavy atom. The van der Waals surface area contributed by atoms with Crippen molar-refractivity contribution in [2.24, 2.45) is 0 Å². The number of amides is 1. The molecule has 3 aromatic carbocycles. The van der Waals surface area contributed by atoms with Crippen LogP contribution >= 0.6 is 11.6 Å². The molecular weight excluding hydrogens is 517 g/mol. The third kappa shape index (κ3) is 6.06. The van der Waals surface area contributed by atoms with Crippen molar-refractivity contribution in [3.8, 4) is 5.75 Å². The summed E-state index contributed by atoms with van der Waals surface area (Å²) in [6.07, 6.45) is 0. The Morgan fingerprint density at radius 3 is 2.32 bits per heavy atom. The van der Waals surface area contributed by atoms with Crippen molar-refractivity contribution in [3.63, 3.8) is 0 Å². The minimum absolute atomic E-state index is 0.0219. The predicted octanol–water partition coefficient (Wildman–Crippen LogP) is 4.34. The number of rotatable bonds is 8. The quantitative estimate of drug-likeness (QED) is 0.421. The van der Waals surface area contributed by atoms with E-state index in [1.165, 1.54) is 30.3 Å². The summed E-state index contributed by atoms with van der Waals surface area (Å²) < 4.78 is 48.2. The summed E-state index contributed by atoms with van der Waals surface area (Å²) in [6.45, 7) is 3.00. The van der Waals surface area contributed by atoms with E-state index in [2.05, 4.69) is 4.90 Å². The normalized spacial score (nSPS) is 14.2. The van der Waals surface area contributed by atoms with Gasteiger partial charge in [-0.1, -0.05) is 47.5 Å². The summed E-state index contributed by atoms with van der Waals surface area (Å²) >= 11 is 6.20. The van der Waals surface area contributed by atoms with E-state index in [1.54, 1.807) is 24.1 Å². The number of hydrogen-bond donors (Lipinski definition) is 0. The molecule has 0 atom stereocenters. The fourth-order valence-corrected chi connectivity index (χ4v) is 5.86. The molecular formula is C27H29ClFN3O4S. The van der Waals surface area contributed by atoms with Gasteiger partial charge in [-0.25, -0.2) is 12.8 Å². The number of methoxy groups -OCH3 is 1. The molecule has 1 aliphatic heterocycles. The molecule has 0 spiro atoms. The maximum Gasteiger partial charge on any atom is 0.243 e. The number of nitrogens with zero attached hydrogens (tertiary/aromatic N) is 3. The van der Waals surface area contributed by atoms with Crippen LogP contribution in [0.4, 0.5) is 10.1 Å². The molecule has 10 heteroatoms. The Morgan fingerprint density at radius 2 is 1.68 bits per heavy atom. The zero-order valence-corrected chi connectivity index (χ0v) is 22.3. The van der Waals surface area contributed by atoms with Gasteiger partial charge in [-0.05, 0) is 43.3 Å². The van der Waals surface area contributed by atoms with Gasteiger partial charge in [0.25, 0.3) is 0 Å². The van der Waals surface area contributed by atoms with Crippen LogP contribution in [0.3, 0.4) is 0 Å². The predicted molar refractivity (Wildman–Crippen MR) is 142 cm³/mol. The highest BCUT2D eigenvalue weighted by molar-refractivity contribution is 7.89. The van der Waals surface area contributed by atoms with E-state index in [0.717, 1.165) is 21.3 Å². The van der Waals surface area contributed by atoms with E-state index in [0.29, 0.717) is 26.2 Å². The number of sulfonamides is 1. The Hall–Kier alpha value is -3.14. The molecule has 7 nitrogen and oxygen atoms in total. The maximum absolute atomic E-state index is 14.6. The Balaban J connectivity index is 1.54. The number of carbonyl (C=O) groups excluding carboxylic acids is 1. The third-order valence-electron chi connectivity index (χ3n) is 6.42. The van der Waals surface area contributed by atoms with E-state index >= 15 is 0 Å². The van der Waals surface area contributed by atoms with Gasteiger partial charge in [-0.2, -0.15) is 4.31 Å². The van der Waals surface area contributed by atoms with Gasteiger partial charge in [-0.3, -0.25) is 4.79 Å². The van der Waals surface area contributed by atoms with Gasteiger partial charge in [-0.15, -0.1) is 0 Å². The van der Waals surface area contributed by atoms with Crippen molar-refractivity contribution < 1.29 is 22.3 Å². The van der Waals surface area contributed by atoms with Crippen LogP contribution in [0.5, 0.6) is 5.75 Å². The largest absolute Gasteiger partial charge is 0.495 e. The molecule has 1 aliphatic rings. The third-order valence-corrected chi connectivity index (χ3v) is 8.58. The number of para-hydroxylation sites is 2. The van der Waals surface area contributed by atoms with E-state index < -0.39 is 22.4 Å². The minimum Gasteiger partial charge on any atom is -0.495 e. The highest BCUT2D eigenvalue weighted by Gasteiger charge is 2.31. The first kappa shape index (κ1) is 26.9. The van der Waals surface area contributed by atoms with Gasteiger partial charge in [0.2, 0.25) is 15.9 Å². The van der Waals surface area contributed by atoms with Crippen molar-refractivity contribution in [3.05, 3.63) is 88.7 Å². The average Bonchev–Trinajstić information content (AvgIpc) is 2.90. The van der Waals surface area contributed by atoms with Gasteiger partial charge in [0.15, 0.2) is 0 Å². The molecule has 4 rings (SSSR count). The van der Waals surface area contributed by atoms with Crippen molar-refractivity contribution in [1.82, 2.24) is 9.21 Å². The number of piperazine rings is 1. The first-order chi connectivity index (χ1) is 17.7. The highest BCUT2D eigenvalue weighted by Crippen LogP contribution is 2.29. The highest BCUT2D eigenvalue weighted by atomic mass is 35.5. The minimum atomic E-state index is -4.11. The number of hydrogen-bond acceptors (Lipinski definition) is 5. The summed E-state index contributed by atoms with van der Waals surface area (Å²) in [6, 6.07) is 18.2. The van der Waals surface area contributed by atoms with Crippen LogP contribution in [0.15, 0.2) is 71.6 Å². The van der Waals surface area contributed by atoms with Crippen molar-refractivity contribution in [2.45, 2.75) is 18.4 Å². The fraction of sp³-hybridized carbons (Fsp3) is 0.296. The second-order valence-electron chi connectivity index (χ2n) is 8.83. The van der Waals surface area contributed by atoms with E-state index in [1.807, 2.05) is 31.2 Å². The number of carbonyl (C=O) groups is 1. The molecule has 37 heavy (non-hydrogen) atoms. The standard InChI is InChI=1S/C27H29ClFN3O4S/c1-20-10-12-21(13-11-20)37(34,35)32(18-22-23(28)6-5-7-24(22)29)19-27(33)31-16-14-30(15-17-31)25-8-3-4-9-26(25)36-2/h3-13H,14-19H2,1-2H3. The molecule has 0 unspecified atom stereocenters. The smallest absolute Gasteiger partial charge is 0.243 e. The Labute approximate surface area is 222 Å². The van der Waals surface area contributed by atoms with Crippen LogP contribution in [-0.4, -0.2) is 63.4 Å². The summed E-state index contributed by atoms with van der Waals surface area (Å²) in [5, 5.41) is 0.0991. The Kier molecular flexibility index (Phi) is 8.36.